The summed E-state index contributed by atoms with van der Waals surface area (Å²) in [6.07, 6.45) is 6.69. The van der Waals surface area contributed by atoms with E-state index < -0.39 is 15.6 Å². The Balaban J connectivity index is 1.50. The van der Waals surface area contributed by atoms with E-state index in [1.54, 1.807) is 6.07 Å². The molecule has 2 fully saturated rings. The normalized spacial score (nSPS) is 19.6. The first-order chi connectivity index (χ1) is 13.1. The molecule has 27 heavy (non-hydrogen) atoms. The second-order valence-electron chi connectivity index (χ2n) is 7.49. The van der Waals surface area contributed by atoms with Crippen molar-refractivity contribution in [1.82, 2.24) is 19.8 Å². The van der Waals surface area contributed by atoms with Crippen molar-refractivity contribution < 1.29 is 12.9 Å². The van der Waals surface area contributed by atoms with E-state index in [1.807, 2.05) is 24.3 Å². The molecule has 0 unspecified atom stereocenters. The Morgan fingerprint density at radius 1 is 1.15 bits per heavy atom. The van der Waals surface area contributed by atoms with E-state index in [2.05, 4.69) is 19.8 Å². The van der Waals surface area contributed by atoms with Crippen LogP contribution in [0.5, 0.6) is 0 Å². The van der Waals surface area contributed by atoms with Gasteiger partial charge in [0.15, 0.2) is 5.82 Å². The molecule has 2 aromatic heterocycles. The van der Waals surface area contributed by atoms with Crippen molar-refractivity contribution in [3.05, 3.63) is 48.2 Å². The molecule has 5 rings (SSSR count). The smallest absolute Gasteiger partial charge is 0.243 e. The molecule has 0 saturated heterocycles. The minimum absolute atomic E-state index is 0.151. The van der Waals surface area contributed by atoms with Gasteiger partial charge in [-0.05, 0) is 37.8 Å². The first-order valence-electron chi connectivity index (χ1n) is 9.29. The maximum Gasteiger partial charge on any atom is 0.243 e. The van der Waals surface area contributed by atoms with Crippen LogP contribution in [-0.2, 0) is 15.6 Å². The van der Waals surface area contributed by atoms with E-state index in [0.717, 1.165) is 36.6 Å². The lowest BCUT2D eigenvalue weighted by Crippen LogP contribution is -2.44. The molecular weight excluding hydrogens is 364 g/mol. The SMILES string of the molecule is O=S(=O)(NC1(c2noc(C3CC3)n2)CCCC1)c1cnc2ccccc2c1. The van der Waals surface area contributed by atoms with Crippen molar-refractivity contribution >= 4 is 20.9 Å². The Bertz CT molecular complexity index is 1100. The van der Waals surface area contributed by atoms with E-state index in [9.17, 15) is 8.42 Å². The number of nitrogens with zero attached hydrogens (tertiary/aromatic N) is 3. The highest BCUT2D eigenvalue weighted by Gasteiger charge is 2.44. The topological polar surface area (TPSA) is 98.0 Å². The number of pyridine rings is 1. The van der Waals surface area contributed by atoms with Crippen LogP contribution in [0.2, 0.25) is 0 Å². The van der Waals surface area contributed by atoms with E-state index in [4.69, 9.17) is 4.52 Å². The van der Waals surface area contributed by atoms with Crippen molar-refractivity contribution in [1.29, 1.82) is 0 Å². The van der Waals surface area contributed by atoms with Gasteiger partial charge in [-0.3, -0.25) is 4.98 Å². The van der Waals surface area contributed by atoms with Gasteiger partial charge in [-0.1, -0.05) is 36.2 Å². The molecule has 140 valence electrons. The largest absolute Gasteiger partial charge is 0.339 e. The predicted molar refractivity (Wildman–Crippen MR) is 98.5 cm³/mol. The lowest BCUT2D eigenvalue weighted by Gasteiger charge is -2.26. The first-order valence-corrected chi connectivity index (χ1v) is 10.8. The van der Waals surface area contributed by atoms with E-state index in [-0.39, 0.29) is 4.90 Å². The minimum atomic E-state index is -3.77. The zero-order valence-corrected chi connectivity index (χ0v) is 15.6. The van der Waals surface area contributed by atoms with Crippen LogP contribution < -0.4 is 4.72 Å². The fourth-order valence-electron chi connectivity index (χ4n) is 3.79. The third kappa shape index (κ3) is 3.02. The van der Waals surface area contributed by atoms with Crippen LogP contribution in [-0.4, -0.2) is 23.5 Å². The monoisotopic (exact) mass is 384 g/mol. The fourth-order valence-corrected chi connectivity index (χ4v) is 5.19. The zero-order chi connectivity index (χ0) is 18.5. The van der Waals surface area contributed by atoms with Crippen LogP contribution in [0.4, 0.5) is 0 Å². The average molecular weight is 384 g/mol. The molecule has 2 aliphatic rings. The molecule has 1 aromatic carbocycles. The maximum atomic E-state index is 13.1. The summed E-state index contributed by atoms with van der Waals surface area (Å²) >= 11 is 0. The number of nitrogens with one attached hydrogen (secondary N) is 1. The van der Waals surface area contributed by atoms with Crippen molar-refractivity contribution in [3.8, 4) is 0 Å². The van der Waals surface area contributed by atoms with Gasteiger partial charge < -0.3 is 4.52 Å². The van der Waals surface area contributed by atoms with Crippen LogP contribution in [0.25, 0.3) is 10.9 Å². The molecule has 2 saturated carbocycles. The molecule has 3 aromatic rings. The van der Waals surface area contributed by atoms with Gasteiger partial charge in [0, 0.05) is 17.5 Å². The van der Waals surface area contributed by atoms with Crippen molar-refractivity contribution in [2.45, 2.75) is 54.9 Å². The van der Waals surface area contributed by atoms with E-state index >= 15 is 0 Å². The summed E-state index contributed by atoms with van der Waals surface area (Å²) in [4.78, 5) is 8.97. The van der Waals surface area contributed by atoms with Crippen LogP contribution in [0.1, 0.15) is 56.2 Å². The average Bonchev–Trinajstić information content (AvgIpc) is 3.20. The molecule has 0 aliphatic heterocycles. The lowest BCUT2D eigenvalue weighted by molar-refractivity contribution is 0.333. The van der Waals surface area contributed by atoms with Gasteiger partial charge in [-0.2, -0.15) is 9.71 Å². The third-order valence-electron chi connectivity index (χ3n) is 5.46. The summed E-state index contributed by atoms with van der Waals surface area (Å²) in [5, 5.41) is 4.92. The summed E-state index contributed by atoms with van der Waals surface area (Å²) in [6.45, 7) is 0. The van der Waals surface area contributed by atoms with E-state index in [0.29, 0.717) is 30.5 Å². The zero-order valence-electron chi connectivity index (χ0n) is 14.8. The van der Waals surface area contributed by atoms with Gasteiger partial charge in [-0.25, -0.2) is 8.42 Å². The number of sulfonamides is 1. The van der Waals surface area contributed by atoms with Crippen LogP contribution >= 0.6 is 0 Å². The summed E-state index contributed by atoms with van der Waals surface area (Å²) in [6, 6.07) is 9.11. The number of para-hydroxylation sites is 1. The Morgan fingerprint density at radius 3 is 2.70 bits per heavy atom. The van der Waals surface area contributed by atoms with Gasteiger partial charge in [0.1, 0.15) is 4.90 Å². The van der Waals surface area contributed by atoms with Gasteiger partial charge in [0.05, 0.1) is 11.1 Å². The molecule has 0 atom stereocenters. The highest BCUT2D eigenvalue weighted by molar-refractivity contribution is 7.89. The molecule has 0 amide bonds. The summed E-state index contributed by atoms with van der Waals surface area (Å²) in [5.41, 5.74) is -0.0412. The first kappa shape index (κ1) is 16.8. The molecular formula is C19H20N4O3S. The molecule has 0 spiro atoms. The van der Waals surface area contributed by atoms with Gasteiger partial charge in [0.25, 0.3) is 0 Å². The highest BCUT2D eigenvalue weighted by atomic mass is 32.2. The van der Waals surface area contributed by atoms with Crippen LogP contribution in [0, 0.1) is 0 Å². The molecule has 2 aliphatic carbocycles. The number of hydrogen-bond acceptors (Lipinski definition) is 6. The molecule has 2 heterocycles. The Kier molecular flexibility index (Phi) is 3.80. The second kappa shape index (κ2) is 6.10. The second-order valence-corrected chi connectivity index (χ2v) is 9.17. The Labute approximate surface area is 157 Å². The number of hydrogen-bond donors (Lipinski definition) is 1. The molecule has 0 bridgehead atoms. The summed E-state index contributed by atoms with van der Waals surface area (Å²) < 4.78 is 34.5. The van der Waals surface area contributed by atoms with Crippen molar-refractivity contribution in [2.24, 2.45) is 0 Å². The number of aromatic nitrogens is 3. The number of fused-ring (bicyclic) bond motifs is 1. The fraction of sp³-hybridized carbons (Fsp3) is 0.421. The molecule has 8 heteroatoms. The maximum absolute atomic E-state index is 13.1. The predicted octanol–water partition coefficient (Wildman–Crippen LogP) is 3.24. The summed E-state index contributed by atoms with van der Waals surface area (Å²) in [5.74, 6) is 1.42. The van der Waals surface area contributed by atoms with Crippen molar-refractivity contribution in [3.63, 3.8) is 0 Å². The van der Waals surface area contributed by atoms with Crippen LogP contribution in [0.3, 0.4) is 0 Å². The Morgan fingerprint density at radius 2 is 1.93 bits per heavy atom. The number of rotatable bonds is 5. The van der Waals surface area contributed by atoms with Crippen LogP contribution in [0.15, 0.2) is 45.9 Å². The third-order valence-corrected chi connectivity index (χ3v) is 6.96. The van der Waals surface area contributed by atoms with Crippen molar-refractivity contribution in [2.75, 3.05) is 0 Å². The number of benzene rings is 1. The van der Waals surface area contributed by atoms with E-state index in [1.165, 1.54) is 6.20 Å². The van der Waals surface area contributed by atoms with Gasteiger partial charge in [-0.15, -0.1) is 0 Å². The quantitative estimate of drug-likeness (QED) is 0.725. The summed E-state index contributed by atoms with van der Waals surface area (Å²) in [7, 11) is -3.77. The lowest BCUT2D eigenvalue weighted by atomic mass is 9.98. The van der Waals surface area contributed by atoms with Gasteiger partial charge >= 0.3 is 0 Å². The molecule has 0 radical (unpaired) electrons. The molecule has 1 N–H and O–H groups in total. The van der Waals surface area contributed by atoms with Gasteiger partial charge in [0.2, 0.25) is 15.9 Å². The Hall–Kier alpha value is -2.32. The molecule has 7 nitrogen and oxygen atoms in total. The minimum Gasteiger partial charge on any atom is -0.339 e. The standard InChI is InChI=1S/C19H20N4O3S/c24-27(25,15-11-14-5-1-2-6-16(14)20-12-15)23-19(9-3-4-10-19)18-21-17(26-22-18)13-7-8-13/h1-2,5-6,11-13,23H,3-4,7-10H2. The highest BCUT2D eigenvalue weighted by Crippen LogP contribution is 2.42.